The van der Waals surface area contributed by atoms with Crippen molar-refractivity contribution in [1.29, 1.82) is 0 Å². The van der Waals surface area contributed by atoms with Gasteiger partial charge >= 0.3 is 0 Å². The van der Waals surface area contributed by atoms with Crippen molar-refractivity contribution in [2.45, 2.75) is 0 Å². The summed E-state index contributed by atoms with van der Waals surface area (Å²) < 4.78 is 4.18. The molecule has 0 radical (unpaired) electrons. The topological polar surface area (TPSA) is 29.5 Å². The van der Waals surface area contributed by atoms with Gasteiger partial charge in [-0.25, -0.2) is 0 Å². The molecule has 0 bridgehead atoms. The van der Waals surface area contributed by atoms with E-state index in [0.29, 0.717) is 0 Å². The van der Waals surface area contributed by atoms with Gasteiger partial charge in [-0.05, 0) is 0 Å². The van der Waals surface area contributed by atoms with Gasteiger partial charge in [0.05, 0.1) is 12.6 Å². The summed E-state index contributed by atoms with van der Waals surface area (Å²) in [7, 11) is 1.33. The van der Waals surface area contributed by atoms with Crippen LogP contribution < -0.4 is 0 Å². The minimum Gasteiger partial charge on any atom is -0.480 e. The molecule has 0 aliphatic heterocycles. The van der Waals surface area contributed by atoms with Crippen LogP contribution in [0.15, 0.2) is 11.5 Å². The minimum absolute atomic E-state index is 0.267. The van der Waals surface area contributed by atoms with Crippen LogP contribution in [0.2, 0.25) is 0 Å². The van der Waals surface area contributed by atoms with Gasteiger partial charge in [0.25, 0.3) is 5.95 Å². The SMILES string of the molecule is CO/C(O)=C\Cl. The number of hydrogen-bond acceptors (Lipinski definition) is 2. The second-order valence-electron chi connectivity index (χ2n) is 0.651. The van der Waals surface area contributed by atoms with Crippen LogP contribution in [0.4, 0.5) is 0 Å². The van der Waals surface area contributed by atoms with Gasteiger partial charge in [-0.2, -0.15) is 0 Å². The Hall–Kier alpha value is -0.370. The van der Waals surface area contributed by atoms with Crippen LogP contribution in [-0.4, -0.2) is 12.2 Å². The van der Waals surface area contributed by atoms with Crippen LogP contribution in [0, 0.1) is 0 Å². The summed E-state index contributed by atoms with van der Waals surface area (Å²) in [6.07, 6.45) is 0. The Morgan fingerprint density at radius 2 is 2.50 bits per heavy atom. The number of rotatable bonds is 1. The van der Waals surface area contributed by atoms with Gasteiger partial charge in [-0.15, -0.1) is 0 Å². The monoisotopic (exact) mass is 108 g/mol. The lowest BCUT2D eigenvalue weighted by molar-refractivity contribution is 0.137. The molecular formula is C3H5ClO2. The molecule has 2 nitrogen and oxygen atoms in total. The normalized spacial score (nSPS) is 11.3. The van der Waals surface area contributed by atoms with Crippen LogP contribution >= 0.6 is 11.6 Å². The Morgan fingerprint density at radius 3 is 2.50 bits per heavy atom. The van der Waals surface area contributed by atoms with E-state index < -0.39 is 0 Å². The highest BCUT2D eigenvalue weighted by molar-refractivity contribution is 6.25. The Morgan fingerprint density at radius 1 is 2.00 bits per heavy atom. The summed E-state index contributed by atoms with van der Waals surface area (Å²) in [6, 6.07) is 0. The van der Waals surface area contributed by atoms with E-state index in [4.69, 9.17) is 16.7 Å². The Labute approximate surface area is 41.0 Å². The highest BCUT2D eigenvalue weighted by atomic mass is 35.5. The second-order valence-corrected chi connectivity index (χ2v) is 0.870. The zero-order chi connectivity index (χ0) is 4.99. The fourth-order valence-electron chi connectivity index (χ4n) is 0.0445. The largest absolute Gasteiger partial charge is 0.480 e. The van der Waals surface area contributed by atoms with E-state index in [1.165, 1.54) is 7.11 Å². The van der Waals surface area contributed by atoms with Crippen molar-refractivity contribution in [3.63, 3.8) is 0 Å². The van der Waals surface area contributed by atoms with Crippen molar-refractivity contribution < 1.29 is 9.84 Å². The zero-order valence-electron chi connectivity index (χ0n) is 3.31. The van der Waals surface area contributed by atoms with Gasteiger partial charge in [0.2, 0.25) is 0 Å². The summed E-state index contributed by atoms with van der Waals surface area (Å²) in [5.41, 5.74) is 0.944. The van der Waals surface area contributed by atoms with Crippen LogP contribution in [0.3, 0.4) is 0 Å². The molecule has 0 amide bonds. The smallest absolute Gasteiger partial charge is 0.288 e. The number of aliphatic hydroxyl groups is 1. The van der Waals surface area contributed by atoms with Gasteiger partial charge in [-0.3, -0.25) is 0 Å². The molecule has 0 unspecified atom stereocenters. The molecule has 0 aliphatic carbocycles. The molecule has 6 heavy (non-hydrogen) atoms. The lowest BCUT2D eigenvalue weighted by atomic mass is 11.0. The summed E-state index contributed by atoms with van der Waals surface area (Å²) in [6.45, 7) is 0. The molecule has 0 spiro atoms. The molecule has 3 heteroatoms. The molecule has 0 aromatic carbocycles. The third-order valence-corrected chi connectivity index (χ3v) is 0.489. The standard InChI is InChI=1S/C3H5ClO2/c1-6-3(5)2-4/h2,5H,1H3/b3-2-. The van der Waals surface area contributed by atoms with Crippen LogP contribution in [0.1, 0.15) is 0 Å². The highest BCUT2D eigenvalue weighted by Gasteiger charge is 1.77. The first-order chi connectivity index (χ1) is 2.81. The maximum atomic E-state index is 8.17. The van der Waals surface area contributed by atoms with Gasteiger partial charge < -0.3 is 9.84 Å². The van der Waals surface area contributed by atoms with E-state index in [0.717, 1.165) is 5.54 Å². The fourth-order valence-corrected chi connectivity index (χ4v) is 0.134. The molecule has 0 saturated heterocycles. The molecule has 0 aromatic rings. The quantitative estimate of drug-likeness (QED) is 0.512. The number of halogens is 1. The molecule has 0 saturated carbocycles. The summed E-state index contributed by atoms with van der Waals surface area (Å²) in [4.78, 5) is 0. The zero-order valence-corrected chi connectivity index (χ0v) is 4.07. The van der Waals surface area contributed by atoms with E-state index in [9.17, 15) is 0 Å². The summed E-state index contributed by atoms with van der Waals surface area (Å²) in [5.74, 6) is -0.267. The van der Waals surface area contributed by atoms with Crippen molar-refractivity contribution in [3.8, 4) is 0 Å². The lowest BCUT2D eigenvalue weighted by Gasteiger charge is -1.88. The van der Waals surface area contributed by atoms with E-state index in [2.05, 4.69) is 4.74 Å². The van der Waals surface area contributed by atoms with Crippen molar-refractivity contribution in [3.05, 3.63) is 11.5 Å². The van der Waals surface area contributed by atoms with Gasteiger partial charge in [0, 0.05) is 0 Å². The average Bonchev–Trinajstić information content (AvgIpc) is 1.65. The predicted molar refractivity (Wildman–Crippen MR) is 23.6 cm³/mol. The van der Waals surface area contributed by atoms with Crippen LogP contribution in [-0.2, 0) is 4.74 Å². The van der Waals surface area contributed by atoms with E-state index in [1.54, 1.807) is 0 Å². The van der Waals surface area contributed by atoms with Gasteiger partial charge in [0.15, 0.2) is 0 Å². The molecule has 0 heterocycles. The maximum Gasteiger partial charge on any atom is 0.288 e. The third-order valence-electron chi connectivity index (χ3n) is 0.302. The number of aliphatic hydroxyl groups excluding tert-OH is 1. The van der Waals surface area contributed by atoms with E-state index in [-0.39, 0.29) is 5.95 Å². The Bertz CT molecular complexity index is 59.8. The van der Waals surface area contributed by atoms with Crippen molar-refractivity contribution in [1.82, 2.24) is 0 Å². The molecule has 0 aliphatic rings. The second kappa shape index (κ2) is 2.85. The molecule has 0 atom stereocenters. The van der Waals surface area contributed by atoms with Crippen LogP contribution in [0.5, 0.6) is 0 Å². The number of methoxy groups -OCH3 is 1. The Balaban J connectivity index is 3.22. The Kier molecular flexibility index (Phi) is 2.67. The van der Waals surface area contributed by atoms with E-state index in [1.807, 2.05) is 0 Å². The third kappa shape index (κ3) is 1.91. The van der Waals surface area contributed by atoms with Crippen molar-refractivity contribution in [2.75, 3.05) is 7.11 Å². The summed E-state index contributed by atoms with van der Waals surface area (Å²) >= 11 is 4.92. The predicted octanol–water partition coefficient (Wildman–Crippen LogP) is 1.23. The number of ether oxygens (including phenoxy) is 1. The minimum atomic E-state index is -0.267. The molecule has 36 valence electrons. The highest BCUT2D eigenvalue weighted by Crippen LogP contribution is 1.88. The van der Waals surface area contributed by atoms with Crippen molar-refractivity contribution >= 4 is 11.6 Å². The molecular weight excluding hydrogens is 103 g/mol. The first-order valence-electron chi connectivity index (χ1n) is 1.34. The average molecular weight is 109 g/mol. The number of hydrogen-bond donors (Lipinski definition) is 1. The van der Waals surface area contributed by atoms with Gasteiger partial charge in [-0.1, -0.05) is 11.6 Å². The van der Waals surface area contributed by atoms with Crippen molar-refractivity contribution in [2.24, 2.45) is 0 Å². The maximum absolute atomic E-state index is 8.17. The van der Waals surface area contributed by atoms with Gasteiger partial charge in [0.1, 0.15) is 0 Å². The van der Waals surface area contributed by atoms with E-state index >= 15 is 0 Å². The molecule has 0 rings (SSSR count). The molecule has 0 fully saturated rings. The van der Waals surface area contributed by atoms with Crippen LogP contribution in [0.25, 0.3) is 0 Å². The molecule has 0 aromatic heterocycles. The fraction of sp³-hybridized carbons (Fsp3) is 0.333. The summed E-state index contributed by atoms with van der Waals surface area (Å²) in [5, 5.41) is 8.17. The first-order valence-corrected chi connectivity index (χ1v) is 1.78. The molecule has 1 N–H and O–H groups in total. The lowest BCUT2D eigenvalue weighted by Crippen LogP contribution is -1.78. The first kappa shape index (κ1) is 5.63.